The molecule has 0 aliphatic carbocycles. The van der Waals surface area contributed by atoms with Crippen LogP contribution in [0.3, 0.4) is 0 Å². The second kappa shape index (κ2) is 64.3. The average Bonchev–Trinajstić information content (AvgIpc) is 3.43. The molecule has 0 bridgehead atoms. The molecule has 0 amide bonds. The number of rotatable bonds is 57. The summed E-state index contributed by atoms with van der Waals surface area (Å²) in [5.74, 6) is -1.00. The van der Waals surface area contributed by atoms with Crippen molar-refractivity contribution in [2.24, 2.45) is 0 Å². The number of hydrogen-bond acceptors (Lipinski definition) is 6. The minimum Gasteiger partial charge on any atom is -0.462 e. The van der Waals surface area contributed by atoms with Gasteiger partial charge in [-0.2, -0.15) is 0 Å². The molecule has 0 N–H and O–H groups in total. The van der Waals surface area contributed by atoms with Gasteiger partial charge >= 0.3 is 17.9 Å². The molecule has 0 spiro atoms. The van der Waals surface area contributed by atoms with Gasteiger partial charge in [0.25, 0.3) is 0 Å². The summed E-state index contributed by atoms with van der Waals surface area (Å²) in [5, 5.41) is 0. The van der Waals surface area contributed by atoms with Gasteiger partial charge in [-0.1, -0.05) is 277 Å². The first kappa shape index (κ1) is 72.8. The minimum atomic E-state index is -0.828. The van der Waals surface area contributed by atoms with Crippen LogP contribution in [0.25, 0.3) is 0 Å². The van der Waals surface area contributed by atoms with E-state index in [9.17, 15) is 14.4 Å². The summed E-state index contributed by atoms with van der Waals surface area (Å²) < 4.78 is 16.9. The fourth-order valence-electron chi connectivity index (χ4n) is 8.71. The van der Waals surface area contributed by atoms with E-state index >= 15 is 0 Å². The van der Waals surface area contributed by atoms with Crippen LogP contribution in [0.1, 0.15) is 290 Å². The van der Waals surface area contributed by atoms with E-state index in [1.54, 1.807) is 0 Å². The van der Waals surface area contributed by atoms with Gasteiger partial charge in [-0.05, 0) is 116 Å². The highest BCUT2D eigenvalue weighted by Crippen LogP contribution is 2.16. The van der Waals surface area contributed by atoms with Crippen molar-refractivity contribution in [2.75, 3.05) is 13.2 Å². The largest absolute Gasteiger partial charge is 0.462 e. The van der Waals surface area contributed by atoms with E-state index in [2.05, 4.69) is 136 Å². The SMILES string of the molecule is CC/C=C\C/C=C\C/C=C\C/C=C\C/C=C\C/C=C\CCC(=O)OC(COC(=O)CCCCCCCCC/C=C\C/C=C\C/C=C\CC)COC(=O)CCCCCCCCCCCCC/C=C\CCCCCCCCCC. The van der Waals surface area contributed by atoms with Crippen LogP contribution in [0.4, 0.5) is 0 Å². The molecule has 0 saturated heterocycles. The number of allylic oxidation sites excluding steroid dienone is 20. The molecule has 0 aromatic carbocycles. The Labute approximate surface area is 475 Å². The van der Waals surface area contributed by atoms with E-state index in [1.165, 1.54) is 141 Å². The highest BCUT2D eigenvalue weighted by molar-refractivity contribution is 5.71. The Bertz CT molecular complexity index is 1600. The third-order valence-corrected chi connectivity index (χ3v) is 13.4. The van der Waals surface area contributed by atoms with E-state index in [-0.39, 0.29) is 31.6 Å². The molecule has 0 saturated carbocycles. The van der Waals surface area contributed by atoms with Crippen LogP contribution in [0, 0.1) is 0 Å². The third-order valence-electron chi connectivity index (χ3n) is 13.4. The average molecular weight is 1070 g/mol. The molecule has 6 heteroatoms. The van der Waals surface area contributed by atoms with Gasteiger partial charge in [0.15, 0.2) is 6.10 Å². The Morgan fingerprint density at radius 3 is 0.857 bits per heavy atom. The molecule has 0 aromatic heterocycles. The van der Waals surface area contributed by atoms with Crippen LogP contribution in [0.5, 0.6) is 0 Å². The van der Waals surface area contributed by atoms with Gasteiger partial charge in [0.1, 0.15) is 13.2 Å². The summed E-state index contributed by atoms with van der Waals surface area (Å²) in [7, 11) is 0. The smallest absolute Gasteiger partial charge is 0.306 e. The van der Waals surface area contributed by atoms with Crippen molar-refractivity contribution in [2.45, 2.75) is 297 Å². The van der Waals surface area contributed by atoms with Crippen LogP contribution in [0.2, 0.25) is 0 Å². The number of carbonyl (C=O) groups is 3. The maximum atomic E-state index is 12.9. The van der Waals surface area contributed by atoms with Gasteiger partial charge in [0.05, 0.1) is 0 Å². The zero-order valence-electron chi connectivity index (χ0n) is 50.2. The van der Waals surface area contributed by atoms with Crippen LogP contribution in [-0.2, 0) is 28.6 Å². The number of ether oxygens (including phenoxy) is 3. The summed E-state index contributed by atoms with van der Waals surface area (Å²) in [4.78, 5) is 38.3. The number of hydrogen-bond donors (Lipinski definition) is 0. The van der Waals surface area contributed by atoms with Crippen molar-refractivity contribution in [1.82, 2.24) is 0 Å². The molecule has 1 unspecified atom stereocenters. The van der Waals surface area contributed by atoms with Gasteiger partial charge in [-0.15, -0.1) is 0 Å². The first-order valence-electron chi connectivity index (χ1n) is 32.0. The van der Waals surface area contributed by atoms with Gasteiger partial charge in [-0.3, -0.25) is 14.4 Å². The van der Waals surface area contributed by atoms with Crippen molar-refractivity contribution in [3.8, 4) is 0 Å². The molecule has 438 valence electrons. The van der Waals surface area contributed by atoms with Crippen molar-refractivity contribution < 1.29 is 28.6 Å². The van der Waals surface area contributed by atoms with Gasteiger partial charge in [-0.25, -0.2) is 0 Å². The van der Waals surface area contributed by atoms with Crippen LogP contribution in [-0.4, -0.2) is 37.2 Å². The molecule has 0 rings (SSSR count). The fraction of sp³-hybridized carbons (Fsp3) is 0.676. The maximum absolute atomic E-state index is 12.9. The Morgan fingerprint density at radius 2 is 0.532 bits per heavy atom. The molecule has 0 fully saturated rings. The predicted molar refractivity (Wildman–Crippen MR) is 334 cm³/mol. The molecule has 0 heterocycles. The Morgan fingerprint density at radius 1 is 0.273 bits per heavy atom. The quantitative estimate of drug-likeness (QED) is 0.0261. The second-order valence-corrected chi connectivity index (χ2v) is 20.9. The van der Waals surface area contributed by atoms with Gasteiger partial charge in [0.2, 0.25) is 0 Å². The lowest BCUT2D eigenvalue weighted by Crippen LogP contribution is -2.30. The van der Waals surface area contributed by atoms with E-state index in [4.69, 9.17) is 14.2 Å². The van der Waals surface area contributed by atoms with Crippen molar-refractivity contribution in [3.63, 3.8) is 0 Å². The first-order chi connectivity index (χ1) is 38.0. The van der Waals surface area contributed by atoms with Crippen LogP contribution < -0.4 is 0 Å². The highest BCUT2D eigenvalue weighted by atomic mass is 16.6. The highest BCUT2D eigenvalue weighted by Gasteiger charge is 2.19. The normalized spacial score (nSPS) is 12.9. The van der Waals surface area contributed by atoms with E-state index < -0.39 is 12.1 Å². The topological polar surface area (TPSA) is 78.9 Å². The second-order valence-electron chi connectivity index (χ2n) is 20.9. The Kier molecular flexibility index (Phi) is 60.8. The molecular formula is C71H118O6. The van der Waals surface area contributed by atoms with E-state index in [0.717, 1.165) is 103 Å². The van der Waals surface area contributed by atoms with Crippen molar-refractivity contribution in [3.05, 3.63) is 122 Å². The molecule has 0 aromatic rings. The number of carbonyl (C=O) groups excluding carboxylic acids is 3. The summed E-state index contributed by atoms with van der Waals surface area (Å²) in [5.41, 5.74) is 0. The lowest BCUT2D eigenvalue weighted by Gasteiger charge is -2.18. The molecule has 6 nitrogen and oxygen atoms in total. The Hall–Kier alpha value is -4.19. The maximum Gasteiger partial charge on any atom is 0.306 e. The lowest BCUT2D eigenvalue weighted by atomic mass is 10.0. The van der Waals surface area contributed by atoms with E-state index in [1.807, 2.05) is 6.08 Å². The third kappa shape index (κ3) is 62.5. The predicted octanol–water partition coefficient (Wildman–Crippen LogP) is 22.0. The van der Waals surface area contributed by atoms with Gasteiger partial charge in [0, 0.05) is 19.3 Å². The van der Waals surface area contributed by atoms with Crippen LogP contribution in [0.15, 0.2) is 122 Å². The summed E-state index contributed by atoms with van der Waals surface area (Å²) in [6.07, 6.45) is 89.3. The molecular weight excluding hydrogens is 949 g/mol. The first-order valence-corrected chi connectivity index (χ1v) is 32.0. The molecule has 1 atom stereocenters. The zero-order valence-corrected chi connectivity index (χ0v) is 50.2. The standard InChI is InChI=1S/C71H118O6/c1-4-7-10-13-16-19-22-25-28-31-33-34-35-36-38-40-43-46-49-52-55-58-61-64-70(73)76-67-68(66-75-69(72)63-60-57-54-51-48-45-42-39-30-27-24-21-18-15-12-9-6-3)77-71(74)65-62-59-56-53-50-47-44-41-37-32-29-26-23-20-17-14-11-8-5-2/h8-9,11-12,17-18,20-21,26-27,29-31,33,37,41,47,50,56,59,68H,4-7,10,13-16,19,22-25,28,32,34-36,38-40,42-46,48-49,51-55,57-58,60-67H2,1-3H3/b11-8-,12-9-,20-17-,21-18-,29-26-,30-27-,33-31-,41-37-,50-47-,59-56-. The Balaban J connectivity index is 4.47. The van der Waals surface area contributed by atoms with E-state index in [0.29, 0.717) is 19.3 Å². The van der Waals surface area contributed by atoms with Crippen molar-refractivity contribution >= 4 is 17.9 Å². The molecule has 77 heavy (non-hydrogen) atoms. The minimum absolute atomic E-state index is 0.113. The summed E-state index contributed by atoms with van der Waals surface area (Å²) in [6.45, 7) is 6.36. The number of unbranched alkanes of at least 4 members (excludes halogenated alkanes) is 26. The molecule has 0 aliphatic heterocycles. The van der Waals surface area contributed by atoms with Crippen molar-refractivity contribution in [1.29, 1.82) is 0 Å². The zero-order chi connectivity index (χ0) is 55.7. The number of esters is 3. The summed E-state index contributed by atoms with van der Waals surface area (Å²) >= 11 is 0. The lowest BCUT2D eigenvalue weighted by molar-refractivity contribution is -0.166. The monoisotopic (exact) mass is 1070 g/mol. The fourth-order valence-corrected chi connectivity index (χ4v) is 8.71. The molecule has 0 radical (unpaired) electrons. The van der Waals surface area contributed by atoms with Gasteiger partial charge < -0.3 is 14.2 Å². The van der Waals surface area contributed by atoms with Crippen LogP contribution >= 0.6 is 0 Å². The summed E-state index contributed by atoms with van der Waals surface area (Å²) in [6, 6.07) is 0. The molecule has 0 aliphatic rings.